The molecule has 0 spiro atoms. The average molecular weight is 526 g/mol. The molecule has 5 aromatic heterocycles. The number of rotatable bonds is 5. The SMILES string of the molecule is O=C(Nc1cncc(-c2ncc3[nH]nc(-c4nc5c(N6CCCCC6)cncc5[nH]4)c3c2F)c1)C1CCCC1. The normalized spacial score (nSPS) is 16.4. The molecule has 5 aromatic rings. The smallest absolute Gasteiger partial charge is 0.227 e. The van der Waals surface area contributed by atoms with E-state index in [4.69, 9.17) is 4.98 Å². The van der Waals surface area contributed by atoms with Crippen molar-refractivity contribution in [1.29, 1.82) is 0 Å². The quantitative estimate of drug-likeness (QED) is 0.287. The van der Waals surface area contributed by atoms with Crippen LogP contribution in [-0.4, -0.2) is 54.1 Å². The van der Waals surface area contributed by atoms with E-state index in [1.165, 1.54) is 6.42 Å². The van der Waals surface area contributed by atoms with Gasteiger partial charge in [0.15, 0.2) is 11.6 Å². The first-order valence-electron chi connectivity index (χ1n) is 13.5. The number of fused-ring (bicyclic) bond motifs is 2. The highest BCUT2D eigenvalue weighted by molar-refractivity contribution is 5.97. The fraction of sp³-hybridized carbons (Fsp3) is 0.357. The number of hydrogen-bond donors (Lipinski definition) is 3. The van der Waals surface area contributed by atoms with E-state index in [0.29, 0.717) is 28.3 Å². The maximum absolute atomic E-state index is 16.1. The van der Waals surface area contributed by atoms with E-state index in [1.54, 1.807) is 30.9 Å². The van der Waals surface area contributed by atoms with E-state index in [0.717, 1.165) is 68.3 Å². The summed E-state index contributed by atoms with van der Waals surface area (Å²) < 4.78 is 16.1. The lowest BCUT2D eigenvalue weighted by Crippen LogP contribution is -2.29. The molecule has 0 aromatic carbocycles. The molecule has 0 radical (unpaired) electrons. The van der Waals surface area contributed by atoms with Crippen molar-refractivity contribution in [3.63, 3.8) is 0 Å². The minimum Gasteiger partial charge on any atom is -0.368 e. The summed E-state index contributed by atoms with van der Waals surface area (Å²) in [5.41, 5.74) is 4.48. The topological polar surface area (TPSA) is 128 Å². The largest absolute Gasteiger partial charge is 0.368 e. The second-order valence-corrected chi connectivity index (χ2v) is 10.4. The summed E-state index contributed by atoms with van der Waals surface area (Å²) in [7, 11) is 0. The van der Waals surface area contributed by atoms with Crippen LogP contribution < -0.4 is 10.2 Å². The lowest BCUT2D eigenvalue weighted by Gasteiger charge is -2.28. The molecule has 39 heavy (non-hydrogen) atoms. The Kier molecular flexibility index (Phi) is 5.90. The summed E-state index contributed by atoms with van der Waals surface area (Å²) >= 11 is 0. The molecule has 11 heteroatoms. The van der Waals surface area contributed by atoms with Crippen LogP contribution in [-0.2, 0) is 4.79 Å². The summed E-state index contributed by atoms with van der Waals surface area (Å²) in [5, 5.41) is 10.5. The first-order chi connectivity index (χ1) is 19.2. The molecule has 1 saturated carbocycles. The van der Waals surface area contributed by atoms with Crippen molar-refractivity contribution >= 4 is 39.2 Å². The Labute approximate surface area is 223 Å². The highest BCUT2D eigenvalue weighted by Crippen LogP contribution is 2.35. The van der Waals surface area contributed by atoms with E-state index in [-0.39, 0.29) is 22.9 Å². The fourth-order valence-electron chi connectivity index (χ4n) is 5.82. The van der Waals surface area contributed by atoms with Crippen LogP contribution in [0.1, 0.15) is 44.9 Å². The van der Waals surface area contributed by atoms with Crippen LogP contribution in [0.3, 0.4) is 0 Å². The first kappa shape index (κ1) is 23.7. The lowest BCUT2D eigenvalue weighted by molar-refractivity contribution is -0.119. The highest BCUT2D eigenvalue weighted by Gasteiger charge is 2.24. The maximum Gasteiger partial charge on any atom is 0.227 e. The standard InChI is InChI=1S/C28H28FN9O/c29-23-22-19(14-32-24(23)17-10-18(12-30-11-17)33-28(39)16-6-2-3-7-16)36-37-26(22)27-34-20-13-31-15-21(25(20)35-27)38-8-4-1-5-9-38/h10-16H,1-9H2,(H,33,39)(H,34,35)(H,36,37). The third-order valence-corrected chi connectivity index (χ3v) is 7.85. The Bertz CT molecular complexity index is 1680. The summed E-state index contributed by atoms with van der Waals surface area (Å²) in [6, 6.07) is 1.70. The fourth-order valence-corrected chi connectivity index (χ4v) is 5.82. The van der Waals surface area contributed by atoms with Gasteiger partial charge >= 0.3 is 0 Å². The molecule has 1 aliphatic heterocycles. The molecule has 198 valence electrons. The van der Waals surface area contributed by atoms with Crippen LogP contribution in [0.4, 0.5) is 15.8 Å². The van der Waals surface area contributed by atoms with Gasteiger partial charge < -0.3 is 15.2 Å². The molecular weight excluding hydrogens is 497 g/mol. The van der Waals surface area contributed by atoms with Crippen LogP contribution >= 0.6 is 0 Å². The molecule has 0 unspecified atom stereocenters. The number of pyridine rings is 3. The number of aromatic amines is 2. The predicted octanol–water partition coefficient (Wildman–Crippen LogP) is 5.22. The van der Waals surface area contributed by atoms with Crippen molar-refractivity contribution in [2.75, 3.05) is 23.3 Å². The first-order valence-corrected chi connectivity index (χ1v) is 13.5. The molecule has 10 nitrogen and oxygen atoms in total. The predicted molar refractivity (Wildman–Crippen MR) is 147 cm³/mol. The molecule has 1 saturated heterocycles. The van der Waals surface area contributed by atoms with Crippen molar-refractivity contribution in [3.05, 3.63) is 42.9 Å². The van der Waals surface area contributed by atoms with Crippen LogP contribution in [0.2, 0.25) is 0 Å². The van der Waals surface area contributed by atoms with Crippen molar-refractivity contribution in [3.8, 4) is 22.8 Å². The molecule has 0 bridgehead atoms. The van der Waals surface area contributed by atoms with E-state index < -0.39 is 5.82 Å². The zero-order valence-electron chi connectivity index (χ0n) is 21.4. The number of aromatic nitrogens is 7. The number of carbonyl (C=O) groups excluding carboxylic acids is 1. The van der Waals surface area contributed by atoms with Gasteiger partial charge in [0.25, 0.3) is 0 Å². The molecule has 2 aliphatic rings. The molecule has 3 N–H and O–H groups in total. The van der Waals surface area contributed by atoms with Crippen LogP contribution in [0.25, 0.3) is 44.7 Å². The molecule has 0 atom stereocenters. The van der Waals surface area contributed by atoms with Crippen LogP contribution in [0, 0.1) is 11.7 Å². The zero-order valence-corrected chi connectivity index (χ0v) is 21.4. The maximum atomic E-state index is 16.1. The number of H-pyrrole nitrogens is 2. The van der Waals surface area contributed by atoms with E-state index >= 15 is 4.39 Å². The molecule has 1 amide bonds. The summed E-state index contributed by atoms with van der Waals surface area (Å²) in [6.45, 7) is 1.93. The van der Waals surface area contributed by atoms with Crippen molar-refractivity contribution < 1.29 is 9.18 Å². The minimum atomic E-state index is -0.535. The Morgan fingerprint density at radius 2 is 1.77 bits per heavy atom. The molecular formula is C28H28FN9O. The van der Waals surface area contributed by atoms with Crippen LogP contribution in [0.15, 0.2) is 37.1 Å². The third-order valence-electron chi connectivity index (χ3n) is 7.85. The Balaban J connectivity index is 1.25. The second kappa shape index (κ2) is 9.72. The number of amides is 1. The number of anilines is 2. The third kappa shape index (κ3) is 4.27. The van der Waals surface area contributed by atoms with Crippen molar-refractivity contribution in [2.45, 2.75) is 44.9 Å². The highest BCUT2D eigenvalue weighted by atomic mass is 19.1. The monoisotopic (exact) mass is 525 g/mol. The number of nitrogens with one attached hydrogen (secondary N) is 3. The summed E-state index contributed by atoms with van der Waals surface area (Å²) in [4.78, 5) is 36.0. The molecule has 1 aliphatic carbocycles. The molecule has 2 fully saturated rings. The Morgan fingerprint density at radius 3 is 2.62 bits per heavy atom. The van der Waals surface area contributed by atoms with E-state index in [2.05, 4.69) is 40.3 Å². The van der Waals surface area contributed by atoms with Gasteiger partial charge in [-0.2, -0.15) is 5.10 Å². The summed E-state index contributed by atoms with van der Waals surface area (Å²) in [5.74, 6) is -0.0834. The number of piperidine rings is 1. The summed E-state index contributed by atoms with van der Waals surface area (Å²) in [6.07, 6.45) is 15.7. The average Bonchev–Trinajstić information content (AvgIpc) is 3.73. The Hall–Kier alpha value is -4.41. The number of carbonyl (C=O) groups is 1. The van der Waals surface area contributed by atoms with Gasteiger partial charge in [-0.25, -0.2) is 9.37 Å². The van der Waals surface area contributed by atoms with Gasteiger partial charge in [-0.15, -0.1) is 0 Å². The number of hydrogen-bond acceptors (Lipinski definition) is 7. The van der Waals surface area contributed by atoms with Gasteiger partial charge in [-0.05, 0) is 38.2 Å². The van der Waals surface area contributed by atoms with Gasteiger partial charge in [0.05, 0.1) is 52.6 Å². The lowest BCUT2D eigenvalue weighted by atomic mass is 10.1. The van der Waals surface area contributed by atoms with E-state index in [1.807, 2.05) is 6.20 Å². The van der Waals surface area contributed by atoms with Crippen molar-refractivity contribution in [2.24, 2.45) is 5.92 Å². The Morgan fingerprint density at radius 1 is 0.949 bits per heavy atom. The van der Waals surface area contributed by atoms with Gasteiger partial charge in [-0.1, -0.05) is 12.8 Å². The van der Waals surface area contributed by atoms with Gasteiger partial charge in [0.1, 0.15) is 16.9 Å². The van der Waals surface area contributed by atoms with Gasteiger partial charge in [0, 0.05) is 30.8 Å². The number of imidazole rings is 1. The molecule has 6 heterocycles. The van der Waals surface area contributed by atoms with Crippen LogP contribution in [0.5, 0.6) is 0 Å². The van der Waals surface area contributed by atoms with E-state index in [9.17, 15) is 4.79 Å². The van der Waals surface area contributed by atoms with Gasteiger partial charge in [0.2, 0.25) is 5.91 Å². The zero-order chi connectivity index (χ0) is 26.3. The van der Waals surface area contributed by atoms with Gasteiger partial charge in [-0.3, -0.25) is 24.8 Å². The minimum absolute atomic E-state index is 0.0165. The van der Waals surface area contributed by atoms with Crippen molar-refractivity contribution in [1.82, 2.24) is 35.1 Å². The second-order valence-electron chi connectivity index (χ2n) is 10.4. The number of nitrogens with zero attached hydrogens (tertiary/aromatic N) is 6. The number of halogens is 1. The molecule has 7 rings (SSSR count).